The molecule has 1 saturated heterocycles. The van der Waals surface area contributed by atoms with Gasteiger partial charge in [0.15, 0.2) is 8.32 Å². The lowest BCUT2D eigenvalue weighted by molar-refractivity contribution is 0.00626. The number of hydrogen-bond donors (Lipinski definition) is 1. The van der Waals surface area contributed by atoms with E-state index in [4.69, 9.17) is 26.0 Å². The van der Waals surface area contributed by atoms with Gasteiger partial charge in [-0.1, -0.05) is 32.4 Å². The van der Waals surface area contributed by atoms with Crippen LogP contribution in [-0.4, -0.2) is 30.1 Å². The van der Waals surface area contributed by atoms with Crippen molar-refractivity contribution in [3.8, 4) is 6.07 Å². The molecule has 1 aliphatic rings. The molecule has 0 aliphatic carbocycles. The van der Waals surface area contributed by atoms with Crippen molar-refractivity contribution in [2.75, 3.05) is 0 Å². The van der Waals surface area contributed by atoms with Gasteiger partial charge in [-0.05, 0) is 31.1 Å². The molecule has 0 spiro atoms. The molecule has 0 bridgehead atoms. The number of rotatable bonds is 4. The standard InChI is InChI=1S/C18H26ClN3O4Si/c1-11-10-22(17(24)21-16(11)23)15-8-14(13(25-15)7-12(19)9-20)26-27(5,6)18(2,3)4/h7,10,13-15H,8H2,1-6H3,(H,21,23,24)/b12-7+/t13-,14+,15-/m1/s1. The zero-order chi connectivity index (χ0) is 20.6. The average molecular weight is 412 g/mol. The number of nitrogens with zero attached hydrogens (tertiary/aromatic N) is 2. The molecule has 1 aliphatic heterocycles. The van der Waals surface area contributed by atoms with Crippen LogP contribution in [0.15, 0.2) is 26.9 Å². The summed E-state index contributed by atoms with van der Waals surface area (Å²) < 4.78 is 13.8. The second kappa shape index (κ2) is 7.76. The van der Waals surface area contributed by atoms with Crippen LogP contribution in [0.3, 0.4) is 0 Å². The number of aromatic amines is 1. The maximum Gasteiger partial charge on any atom is 0.330 e. The van der Waals surface area contributed by atoms with E-state index < -0.39 is 31.9 Å². The fourth-order valence-corrected chi connectivity index (χ4v) is 4.10. The predicted molar refractivity (Wildman–Crippen MR) is 106 cm³/mol. The summed E-state index contributed by atoms with van der Waals surface area (Å²) in [4.78, 5) is 26.1. The van der Waals surface area contributed by atoms with E-state index in [0.29, 0.717) is 12.0 Å². The van der Waals surface area contributed by atoms with Gasteiger partial charge in [0.25, 0.3) is 5.56 Å². The van der Waals surface area contributed by atoms with Gasteiger partial charge in [0.05, 0.1) is 6.10 Å². The first kappa shape index (κ1) is 21.6. The van der Waals surface area contributed by atoms with E-state index in [9.17, 15) is 9.59 Å². The van der Waals surface area contributed by atoms with Gasteiger partial charge in [-0.3, -0.25) is 14.3 Å². The third kappa shape index (κ3) is 4.79. The fourth-order valence-electron chi connectivity index (χ4n) is 2.64. The molecule has 1 aromatic rings. The van der Waals surface area contributed by atoms with Crippen molar-refractivity contribution in [1.29, 1.82) is 5.26 Å². The van der Waals surface area contributed by atoms with Gasteiger partial charge in [0.1, 0.15) is 23.4 Å². The van der Waals surface area contributed by atoms with Crippen LogP contribution in [-0.2, 0) is 9.16 Å². The molecule has 9 heteroatoms. The number of aromatic nitrogens is 2. The van der Waals surface area contributed by atoms with Gasteiger partial charge in [0.2, 0.25) is 0 Å². The van der Waals surface area contributed by atoms with E-state index in [1.165, 1.54) is 16.8 Å². The lowest BCUT2D eigenvalue weighted by Gasteiger charge is -2.39. The van der Waals surface area contributed by atoms with E-state index in [0.717, 1.165) is 0 Å². The van der Waals surface area contributed by atoms with Gasteiger partial charge in [-0.15, -0.1) is 0 Å². The third-order valence-corrected chi connectivity index (χ3v) is 9.96. The molecule has 1 aromatic heterocycles. The minimum Gasteiger partial charge on any atom is -0.411 e. The lowest BCUT2D eigenvalue weighted by atomic mass is 10.1. The first-order valence-electron chi connectivity index (χ1n) is 8.78. The number of nitriles is 1. The molecular weight excluding hydrogens is 386 g/mol. The van der Waals surface area contributed by atoms with Crippen LogP contribution in [0.4, 0.5) is 0 Å². The van der Waals surface area contributed by atoms with Crippen LogP contribution in [0.1, 0.15) is 39.0 Å². The molecule has 2 heterocycles. The largest absolute Gasteiger partial charge is 0.411 e. The molecule has 1 N–H and O–H groups in total. The Morgan fingerprint density at radius 1 is 1.48 bits per heavy atom. The Labute approximate surface area is 164 Å². The molecule has 0 saturated carbocycles. The Kier molecular flexibility index (Phi) is 6.22. The Hall–Kier alpha value is -1.66. The number of halogens is 1. The second-order valence-electron chi connectivity index (χ2n) is 8.31. The zero-order valence-electron chi connectivity index (χ0n) is 16.5. The number of nitrogens with one attached hydrogen (secondary N) is 1. The highest BCUT2D eigenvalue weighted by Crippen LogP contribution is 2.41. The summed E-state index contributed by atoms with van der Waals surface area (Å²) in [5, 5.41) is 9.00. The van der Waals surface area contributed by atoms with Crippen LogP contribution in [0.2, 0.25) is 18.1 Å². The number of ether oxygens (including phenoxy) is 1. The van der Waals surface area contributed by atoms with Gasteiger partial charge in [-0.2, -0.15) is 5.26 Å². The van der Waals surface area contributed by atoms with Crippen molar-refractivity contribution in [3.63, 3.8) is 0 Å². The van der Waals surface area contributed by atoms with E-state index in [1.807, 2.05) is 6.07 Å². The van der Waals surface area contributed by atoms with E-state index in [2.05, 4.69) is 38.8 Å². The van der Waals surface area contributed by atoms with Crippen molar-refractivity contribution >= 4 is 19.9 Å². The smallest absolute Gasteiger partial charge is 0.330 e. The topological polar surface area (TPSA) is 97.1 Å². The van der Waals surface area contributed by atoms with Gasteiger partial charge >= 0.3 is 5.69 Å². The molecule has 148 valence electrons. The Morgan fingerprint density at radius 3 is 2.67 bits per heavy atom. The van der Waals surface area contributed by atoms with Crippen LogP contribution >= 0.6 is 11.6 Å². The minimum atomic E-state index is -2.12. The monoisotopic (exact) mass is 411 g/mol. The maximum atomic E-state index is 12.2. The second-order valence-corrected chi connectivity index (χ2v) is 13.5. The Morgan fingerprint density at radius 2 is 2.11 bits per heavy atom. The Balaban J connectivity index is 2.38. The SMILES string of the molecule is Cc1cn([C@H]2C[C@H](O[Si](C)(C)C(C)(C)C)[C@@H](/C=C(/Cl)C#N)O2)c(=O)[nH]c1=O. The molecule has 3 atom stereocenters. The van der Waals surface area contributed by atoms with Crippen molar-refractivity contribution in [2.24, 2.45) is 0 Å². The lowest BCUT2D eigenvalue weighted by Crippen LogP contribution is -2.45. The van der Waals surface area contributed by atoms with Crippen LogP contribution < -0.4 is 11.2 Å². The highest BCUT2D eigenvalue weighted by Gasteiger charge is 2.44. The molecule has 0 aromatic carbocycles. The van der Waals surface area contributed by atoms with Crippen LogP contribution in [0, 0.1) is 18.3 Å². The normalized spacial score (nSPS) is 24.1. The van der Waals surface area contributed by atoms with Gasteiger partial charge < -0.3 is 9.16 Å². The zero-order valence-corrected chi connectivity index (χ0v) is 18.3. The van der Waals surface area contributed by atoms with Crippen molar-refractivity contribution in [1.82, 2.24) is 9.55 Å². The van der Waals surface area contributed by atoms with Gasteiger partial charge in [-0.25, -0.2) is 4.79 Å². The highest BCUT2D eigenvalue weighted by molar-refractivity contribution is 6.74. The molecule has 0 amide bonds. The Bertz CT molecular complexity index is 892. The maximum absolute atomic E-state index is 12.2. The number of allylic oxidation sites excluding steroid dienone is 1. The number of aryl methyl sites for hydroxylation is 1. The third-order valence-electron chi connectivity index (χ3n) is 5.24. The average Bonchev–Trinajstić information content (AvgIpc) is 2.91. The predicted octanol–water partition coefficient (Wildman–Crippen LogP) is 3.17. The van der Waals surface area contributed by atoms with Crippen molar-refractivity contribution in [2.45, 2.75) is 70.7 Å². The summed E-state index contributed by atoms with van der Waals surface area (Å²) in [5.41, 5.74) is -0.556. The minimum absolute atomic E-state index is 0.00878. The highest BCUT2D eigenvalue weighted by atomic mass is 35.5. The van der Waals surface area contributed by atoms with E-state index in [-0.39, 0.29) is 16.2 Å². The van der Waals surface area contributed by atoms with E-state index >= 15 is 0 Å². The molecule has 7 nitrogen and oxygen atoms in total. The van der Waals surface area contributed by atoms with Crippen LogP contribution in [0.25, 0.3) is 0 Å². The van der Waals surface area contributed by atoms with E-state index in [1.54, 1.807) is 6.92 Å². The fraction of sp³-hybridized carbons (Fsp3) is 0.611. The van der Waals surface area contributed by atoms with Crippen LogP contribution in [0.5, 0.6) is 0 Å². The number of H-pyrrole nitrogens is 1. The molecule has 1 fully saturated rings. The summed E-state index contributed by atoms with van der Waals surface area (Å²) in [7, 11) is -2.12. The quantitative estimate of drug-likeness (QED) is 0.606. The molecule has 27 heavy (non-hydrogen) atoms. The van der Waals surface area contributed by atoms with Gasteiger partial charge in [0, 0.05) is 18.2 Å². The van der Waals surface area contributed by atoms with Crippen molar-refractivity contribution in [3.05, 3.63) is 43.7 Å². The molecule has 0 unspecified atom stereocenters. The summed E-state index contributed by atoms with van der Waals surface area (Å²) in [6.45, 7) is 12.3. The first-order valence-corrected chi connectivity index (χ1v) is 12.1. The summed E-state index contributed by atoms with van der Waals surface area (Å²) >= 11 is 5.90. The molecular formula is C18H26ClN3O4Si. The molecule has 0 radical (unpaired) electrons. The molecule has 2 rings (SSSR count). The van der Waals surface area contributed by atoms with Crippen molar-refractivity contribution < 1.29 is 9.16 Å². The summed E-state index contributed by atoms with van der Waals surface area (Å²) in [6, 6.07) is 1.87. The summed E-state index contributed by atoms with van der Waals surface area (Å²) in [5.74, 6) is 0. The number of hydrogen-bond acceptors (Lipinski definition) is 5. The summed E-state index contributed by atoms with van der Waals surface area (Å²) in [6.07, 6.45) is 1.88. The first-order chi connectivity index (χ1) is 12.4.